The maximum Gasteiger partial charge on any atom is 0.161 e. The Hall–Kier alpha value is -1.53. The van der Waals surface area contributed by atoms with Crippen molar-refractivity contribution in [3.8, 4) is 11.4 Å². The van der Waals surface area contributed by atoms with Crippen LogP contribution in [0.5, 0.6) is 0 Å². The van der Waals surface area contributed by atoms with E-state index in [9.17, 15) is 4.39 Å². The van der Waals surface area contributed by atoms with Gasteiger partial charge in [-0.1, -0.05) is 0 Å². The van der Waals surface area contributed by atoms with Gasteiger partial charge in [0.25, 0.3) is 0 Å². The third-order valence-corrected chi connectivity index (χ3v) is 3.84. The molecular formula is C14H13BrFN3O. The van der Waals surface area contributed by atoms with Crippen molar-refractivity contribution >= 4 is 21.7 Å². The first-order chi connectivity index (χ1) is 9.69. The van der Waals surface area contributed by atoms with E-state index in [4.69, 9.17) is 4.74 Å². The fraction of sp³-hybridized carbons (Fsp3) is 0.286. The lowest BCUT2D eigenvalue weighted by molar-refractivity contribution is 0.109. The lowest BCUT2D eigenvalue weighted by atomic mass is 10.1. The molecule has 6 heteroatoms. The summed E-state index contributed by atoms with van der Waals surface area (Å²) >= 11 is 3.19. The van der Waals surface area contributed by atoms with Gasteiger partial charge in [0, 0.05) is 24.6 Å². The standard InChI is InChI=1S/C14H13BrFN3O/c1-17-14-9-7-20-5-4-12(9)18-13(19-14)8-2-3-11(16)10(15)6-8/h2-3,6H,4-5,7H2,1H3,(H,17,18,19). The molecule has 1 aromatic heterocycles. The van der Waals surface area contributed by atoms with Gasteiger partial charge in [0.15, 0.2) is 5.82 Å². The molecule has 0 bridgehead atoms. The van der Waals surface area contributed by atoms with E-state index in [1.165, 1.54) is 6.07 Å². The van der Waals surface area contributed by atoms with Crippen molar-refractivity contribution in [1.29, 1.82) is 0 Å². The number of fused-ring (bicyclic) bond motifs is 1. The molecule has 2 aromatic rings. The molecule has 0 spiro atoms. The second-order valence-corrected chi connectivity index (χ2v) is 5.36. The first-order valence-electron chi connectivity index (χ1n) is 6.29. The molecule has 0 saturated carbocycles. The van der Waals surface area contributed by atoms with Crippen LogP contribution in [-0.2, 0) is 17.8 Å². The highest BCUT2D eigenvalue weighted by Gasteiger charge is 2.18. The number of halogens is 2. The molecule has 1 aliphatic rings. The van der Waals surface area contributed by atoms with Gasteiger partial charge in [-0.05, 0) is 34.1 Å². The largest absolute Gasteiger partial charge is 0.376 e. The average molecular weight is 338 g/mol. The molecule has 0 aliphatic carbocycles. The summed E-state index contributed by atoms with van der Waals surface area (Å²) < 4.78 is 19.2. The Labute approximate surface area is 124 Å². The quantitative estimate of drug-likeness (QED) is 0.914. The van der Waals surface area contributed by atoms with Gasteiger partial charge < -0.3 is 10.1 Å². The van der Waals surface area contributed by atoms with E-state index in [1.54, 1.807) is 12.1 Å². The number of aromatic nitrogens is 2. The molecule has 1 aliphatic heterocycles. The van der Waals surface area contributed by atoms with Crippen molar-refractivity contribution in [3.05, 3.63) is 39.7 Å². The minimum Gasteiger partial charge on any atom is -0.376 e. The average Bonchev–Trinajstić information content (AvgIpc) is 2.49. The summed E-state index contributed by atoms with van der Waals surface area (Å²) in [6, 6.07) is 4.78. The maximum absolute atomic E-state index is 13.3. The number of nitrogens with one attached hydrogen (secondary N) is 1. The van der Waals surface area contributed by atoms with Crippen molar-refractivity contribution < 1.29 is 9.13 Å². The Morgan fingerprint density at radius 2 is 2.20 bits per heavy atom. The van der Waals surface area contributed by atoms with E-state index in [0.717, 1.165) is 29.1 Å². The lowest BCUT2D eigenvalue weighted by Crippen LogP contribution is -2.16. The summed E-state index contributed by atoms with van der Waals surface area (Å²) in [6.07, 6.45) is 0.766. The molecule has 2 heterocycles. The fourth-order valence-corrected chi connectivity index (χ4v) is 2.58. The molecule has 0 amide bonds. The summed E-state index contributed by atoms with van der Waals surface area (Å²) in [5, 5.41) is 3.07. The highest BCUT2D eigenvalue weighted by atomic mass is 79.9. The number of rotatable bonds is 2. The summed E-state index contributed by atoms with van der Waals surface area (Å²) in [5.74, 6) is 1.06. The highest BCUT2D eigenvalue weighted by molar-refractivity contribution is 9.10. The van der Waals surface area contributed by atoms with E-state index >= 15 is 0 Å². The monoisotopic (exact) mass is 337 g/mol. The molecule has 3 rings (SSSR count). The van der Waals surface area contributed by atoms with Crippen LogP contribution in [0.25, 0.3) is 11.4 Å². The zero-order chi connectivity index (χ0) is 14.1. The van der Waals surface area contributed by atoms with Crippen LogP contribution in [0.15, 0.2) is 22.7 Å². The zero-order valence-corrected chi connectivity index (χ0v) is 12.5. The summed E-state index contributed by atoms with van der Waals surface area (Å²) in [7, 11) is 1.82. The molecule has 0 unspecified atom stereocenters. The molecule has 0 radical (unpaired) electrons. The Morgan fingerprint density at radius 3 is 2.95 bits per heavy atom. The van der Waals surface area contributed by atoms with Gasteiger partial charge in [0.05, 0.1) is 23.4 Å². The molecule has 0 fully saturated rings. The van der Waals surface area contributed by atoms with Gasteiger partial charge in [-0.2, -0.15) is 0 Å². The van der Waals surface area contributed by atoms with Gasteiger partial charge in [-0.3, -0.25) is 0 Å². The van der Waals surface area contributed by atoms with Crippen LogP contribution in [0.1, 0.15) is 11.3 Å². The molecule has 0 atom stereocenters. The molecule has 20 heavy (non-hydrogen) atoms. The van der Waals surface area contributed by atoms with Crippen LogP contribution in [0.2, 0.25) is 0 Å². The smallest absolute Gasteiger partial charge is 0.161 e. The highest BCUT2D eigenvalue weighted by Crippen LogP contribution is 2.28. The number of hydrogen-bond donors (Lipinski definition) is 1. The van der Waals surface area contributed by atoms with Crippen molar-refractivity contribution in [2.24, 2.45) is 0 Å². The van der Waals surface area contributed by atoms with Gasteiger partial charge >= 0.3 is 0 Å². The predicted molar refractivity (Wildman–Crippen MR) is 78.0 cm³/mol. The molecule has 1 aromatic carbocycles. The van der Waals surface area contributed by atoms with Crippen LogP contribution in [0, 0.1) is 5.82 Å². The third-order valence-electron chi connectivity index (χ3n) is 3.24. The summed E-state index contributed by atoms with van der Waals surface area (Å²) in [5.41, 5.74) is 2.78. The van der Waals surface area contributed by atoms with Gasteiger partial charge in [0.1, 0.15) is 11.6 Å². The van der Waals surface area contributed by atoms with Crippen LogP contribution >= 0.6 is 15.9 Å². The van der Waals surface area contributed by atoms with E-state index in [2.05, 4.69) is 31.2 Å². The van der Waals surface area contributed by atoms with Crippen LogP contribution in [0.3, 0.4) is 0 Å². The summed E-state index contributed by atoms with van der Waals surface area (Å²) in [4.78, 5) is 9.09. The maximum atomic E-state index is 13.3. The van der Waals surface area contributed by atoms with Gasteiger partial charge in [-0.15, -0.1) is 0 Å². The van der Waals surface area contributed by atoms with Crippen molar-refractivity contribution in [3.63, 3.8) is 0 Å². The van der Waals surface area contributed by atoms with Crippen molar-refractivity contribution in [2.75, 3.05) is 19.0 Å². The van der Waals surface area contributed by atoms with Crippen molar-refractivity contribution in [1.82, 2.24) is 9.97 Å². The van der Waals surface area contributed by atoms with Gasteiger partial charge in [-0.25, -0.2) is 14.4 Å². The van der Waals surface area contributed by atoms with E-state index in [0.29, 0.717) is 23.5 Å². The minimum absolute atomic E-state index is 0.297. The lowest BCUT2D eigenvalue weighted by Gasteiger charge is -2.19. The SMILES string of the molecule is CNc1nc(-c2ccc(F)c(Br)c2)nc2c1COCC2. The third kappa shape index (κ3) is 2.41. The second-order valence-electron chi connectivity index (χ2n) is 4.50. The summed E-state index contributed by atoms with van der Waals surface area (Å²) in [6.45, 7) is 1.19. The number of ether oxygens (including phenoxy) is 1. The molecule has 4 nitrogen and oxygen atoms in total. The minimum atomic E-state index is -0.297. The first-order valence-corrected chi connectivity index (χ1v) is 7.09. The zero-order valence-electron chi connectivity index (χ0n) is 10.9. The normalized spacial score (nSPS) is 13.9. The van der Waals surface area contributed by atoms with E-state index in [1.807, 2.05) is 7.05 Å². The molecule has 0 saturated heterocycles. The van der Waals surface area contributed by atoms with E-state index in [-0.39, 0.29) is 5.82 Å². The number of hydrogen-bond acceptors (Lipinski definition) is 4. The van der Waals surface area contributed by atoms with Gasteiger partial charge in [0.2, 0.25) is 0 Å². The number of benzene rings is 1. The van der Waals surface area contributed by atoms with Crippen LogP contribution in [0.4, 0.5) is 10.2 Å². The Bertz CT molecular complexity index is 646. The Morgan fingerprint density at radius 1 is 1.35 bits per heavy atom. The number of anilines is 1. The predicted octanol–water partition coefficient (Wildman–Crippen LogP) is 3.16. The van der Waals surface area contributed by atoms with Crippen LogP contribution < -0.4 is 5.32 Å². The second kappa shape index (κ2) is 5.46. The Kier molecular flexibility index (Phi) is 3.67. The first kappa shape index (κ1) is 13.5. The molecule has 1 N–H and O–H groups in total. The van der Waals surface area contributed by atoms with Crippen LogP contribution in [-0.4, -0.2) is 23.6 Å². The topological polar surface area (TPSA) is 47.0 Å². The number of nitrogens with zero attached hydrogens (tertiary/aromatic N) is 2. The molecule has 104 valence electrons. The van der Waals surface area contributed by atoms with E-state index < -0.39 is 0 Å². The molecular weight excluding hydrogens is 325 g/mol. The Balaban J connectivity index is 2.11. The fourth-order valence-electron chi connectivity index (χ4n) is 2.20. The van der Waals surface area contributed by atoms with Crippen molar-refractivity contribution in [2.45, 2.75) is 13.0 Å².